The molecule has 0 heterocycles. The fourth-order valence-corrected chi connectivity index (χ4v) is 2.66. The number of benzene rings is 1. The first kappa shape index (κ1) is 14.9. The van der Waals surface area contributed by atoms with Gasteiger partial charge in [0.05, 0.1) is 10.7 Å². The molecule has 0 radical (unpaired) electrons. The number of hydrogen-bond acceptors (Lipinski definition) is 2. The largest absolute Gasteiger partial charge is 0.384 e. The van der Waals surface area contributed by atoms with E-state index in [0.29, 0.717) is 10.7 Å². The summed E-state index contributed by atoms with van der Waals surface area (Å²) in [6, 6.07) is 5.20. The van der Waals surface area contributed by atoms with Crippen molar-refractivity contribution in [1.29, 1.82) is 0 Å². The normalized spacial score (nSPS) is 16.4. The van der Waals surface area contributed by atoms with Crippen LogP contribution in [0.1, 0.15) is 38.2 Å². The molecule has 0 atom stereocenters. The highest BCUT2D eigenvalue weighted by Crippen LogP contribution is 2.39. The number of anilines is 1. The average molecular weight is 292 g/mol. The Labute approximate surface area is 124 Å². The van der Waals surface area contributed by atoms with Crippen LogP contribution in [-0.2, 0) is 4.79 Å². The number of aliphatic hydroxyl groups excluding tert-OH is 1. The quantitative estimate of drug-likeness (QED) is 0.822. The summed E-state index contributed by atoms with van der Waals surface area (Å²) in [4.78, 5) is 12.4. The van der Waals surface area contributed by atoms with Crippen LogP contribution in [0.2, 0.25) is 5.02 Å². The highest BCUT2D eigenvalue weighted by atomic mass is 35.5. The van der Waals surface area contributed by atoms with Crippen molar-refractivity contribution in [1.82, 2.24) is 0 Å². The molecule has 1 aliphatic rings. The molecule has 0 bridgehead atoms. The number of carbonyl (C=O) groups is 1. The maximum atomic E-state index is 12.4. The number of rotatable bonds is 2. The molecule has 4 heteroatoms. The number of carbonyl (C=O) groups excluding carboxylic acids is 1. The Balaban J connectivity index is 2.18. The summed E-state index contributed by atoms with van der Waals surface area (Å²) in [6.45, 7) is 1.81. The van der Waals surface area contributed by atoms with Gasteiger partial charge in [-0.2, -0.15) is 0 Å². The monoisotopic (exact) mass is 291 g/mol. The molecule has 1 saturated carbocycles. The standard InChI is InChI=1S/C16H18ClNO2/c1-16(8-2-3-9-16)15(20)18-14-11-12(5-4-10-19)6-7-13(14)17/h6-7,11,19H,2-3,8-10H2,1H3,(H,18,20). The van der Waals surface area contributed by atoms with Gasteiger partial charge in [0.2, 0.25) is 5.91 Å². The molecule has 106 valence electrons. The van der Waals surface area contributed by atoms with Gasteiger partial charge in [-0.05, 0) is 31.0 Å². The van der Waals surface area contributed by atoms with Gasteiger partial charge in [-0.15, -0.1) is 0 Å². The molecule has 1 fully saturated rings. The smallest absolute Gasteiger partial charge is 0.230 e. The first-order valence-corrected chi connectivity index (χ1v) is 7.14. The summed E-state index contributed by atoms with van der Waals surface area (Å²) in [5.41, 5.74) is 1.00. The molecule has 0 unspecified atom stereocenters. The number of nitrogens with one attached hydrogen (secondary N) is 1. The average Bonchev–Trinajstić information content (AvgIpc) is 2.88. The number of halogens is 1. The first-order chi connectivity index (χ1) is 9.55. The zero-order valence-corrected chi connectivity index (χ0v) is 12.3. The van der Waals surface area contributed by atoms with E-state index in [1.807, 2.05) is 6.92 Å². The van der Waals surface area contributed by atoms with Gasteiger partial charge in [0, 0.05) is 11.0 Å². The molecule has 3 nitrogen and oxygen atoms in total. The Morgan fingerprint density at radius 3 is 2.80 bits per heavy atom. The third-order valence-electron chi connectivity index (χ3n) is 3.78. The topological polar surface area (TPSA) is 49.3 Å². The van der Waals surface area contributed by atoms with Crippen molar-refractivity contribution in [2.45, 2.75) is 32.6 Å². The highest BCUT2D eigenvalue weighted by molar-refractivity contribution is 6.33. The Hall–Kier alpha value is -1.50. The molecule has 1 aliphatic carbocycles. The number of amides is 1. The summed E-state index contributed by atoms with van der Waals surface area (Å²) in [5, 5.41) is 12.1. The molecule has 0 saturated heterocycles. The zero-order valence-electron chi connectivity index (χ0n) is 11.5. The van der Waals surface area contributed by atoms with E-state index in [9.17, 15) is 4.79 Å². The van der Waals surface area contributed by atoms with Crippen LogP contribution >= 0.6 is 11.6 Å². The van der Waals surface area contributed by atoms with Crippen molar-refractivity contribution in [3.05, 3.63) is 28.8 Å². The molecule has 2 N–H and O–H groups in total. The summed E-state index contributed by atoms with van der Waals surface area (Å²) >= 11 is 6.11. The van der Waals surface area contributed by atoms with E-state index in [1.165, 1.54) is 0 Å². The van der Waals surface area contributed by atoms with Gasteiger partial charge in [-0.3, -0.25) is 4.79 Å². The minimum Gasteiger partial charge on any atom is -0.384 e. The van der Waals surface area contributed by atoms with Crippen LogP contribution in [0.5, 0.6) is 0 Å². The van der Waals surface area contributed by atoms with Crippen LogP contribution in [0.25, 0.3) is 0 Å². The Morgan fingerprint density at radius 2 is 2.15 bits per heavy atom. The minimum atomic E-state index is -0.296. The SMILES string of the molecule is CC1(C(=O)Nc2cc(C#CCO)ccc2Cl)CCCC1. The van der Waals surface area contributed by atoms with Crippen LogP contribution in [0.15, 0.2) is 18.2 Å². The van der Waals surface area contributed by atoms with Crippen molar-refractivity contribution in [3.8, 4) is 11.8 Å². The lowest BCUT2D eigenvalue weighted by Gasteiger charge is -2.22. The fraction of sp³-hybridized carbons (Fsp3) is 0.438. The van der Waals surface area contributed by atoms with Crippen molar-refractivity contribution >= 4 is 23.2 Å². The van der Waals surface area contributed by atoms with Gasteiger partial charge in [-0.1, -0.05) is 43.2 Å². The van der Waals surface area contributed by atoms with E-state index < -0.39 is 0 Å². The van der Waals surface area contributed by atoms with E-state index in [4.69, 9.17) is 16.7 Å². The van der Waals surface area contributed by atoms with E-state index in [0.717, 1.165) is 31.2 Å². The van der Waals surface area contributed by atoms with Crippen LogP contribution in [0, 0.1) is 17.3 Å². The predicted molar refractivity (Wildman–Crippen MR) is 80.6 cm³/mol. The van der Waals surface area contributed by atoms with Crippen molar-refractivity contribution in [2.24, 2.45) is 5.41 Å². The van der Waals surface area contributed by atoms with Gasteiger partial charge < -0.3 is 10.4 Å². The predicted octanol–water partition coefficient (Wildman–Crippen LogP) is 3.20. The van der Waals surface area contributed by atoms with Crippen molar-refractivity contribution in [3.63, 3.8) is 0 Å². The van der Waals surface area contributed by atoms with E-state index in [2.05, 4.69) is 17.2 Å². The third kappa shape index (κ3) is 3.33. The third-order valence-corrected chi connectivity index (χ3v) is 4.11. The molecular formula is C16H18ClNO2. The van der Waals surface area contributed by atoms with Gasteiger partial charge in [0.15, 0.2) is 0 Å². The summed E-state index contributed by atoms with van der Waals surface area (Å²) in [7, 11) is 0. The van der Waals surface area contributed by atoms with Gasteiger partial charge in [0.25, 0.3) is 0 Å². The van der Waals surface area contributed by atoms with Crippen LogP contribution < -0.4 is 5.32 Å². The molecule has 0 spiro atoms. The maximum absolute atomic E-state index is 12.4. The number of aliphatic hydroxyl groups is 1. The van der Waals surface area contributed by atoms with Gasteiger partial charge in [0.1, 0.15) is 6.61 Å². The zero-order chi connectivity index (χ0) is 14.6. The second kappa shape index (κ2) is 6.30. The van der Waals surface area contributed by atoms with E-state index in [1.54, 1.807) is 18.2 Å². The van der Waals surface area contributed by atoms with Crippen LogP contribution in [0.4, 0.5) is 5.69 Å². The van der Waals surface area contributed by atoms with Crippen molar-refractivity contribution in [2.75, 3.05) is 11.9 Å². The highest BCUT2D eigenvalue weighted by Gasteiger charge is 2.36. The Morgan fingerprint density at radius 1 is 1.45 bits per heavy atom. The van der Waals surface area contributed by atoms with Crippen LogP contribution in [0.3, 0.4) is 0 Å². The lowest BCUT2D eigenvalue weighted by Crippen LogP contribution is -2.30. The molecule has 20 heavy (non-hydrogen) atoms. The summed E-state index contributed by atoms with van der Waals surface area (Å²) < 4.78 is 0. The molecule has 1 aromatic carbocycles. The second-order valence-corrected chi connectivity index (χ2v) is 5.78. The molecule has 0 aromatic heterocycles. The summed E-state index contributed by atoms with van der Waals surface area (Å²) in [6.07, 6.45) is 4.03. The molecular weight excluding hydrogens is 274 g/mol. The fourth-order valence-electron chi connectivity index (χ4n) is 2.50. The maximum Gasteiger partial charge on any atom is 0.230 e. The lowest BCUT2D eigenvalue weighted by molar-refractivity contribution is -0.124. The number of hydrogen-bond donors (Lipinski definition) is 2. The van der Waals surface area contributed by atoms with E-state index in [-0.39, 0.29) is 17.9 Å². The molecule has 2 rings (SSSR count). The Kier molecular flexibility index (Phi) is 4.69. The summed E-state index contributed by atoms with van der Waals surface area (Å²) in [5.74, 6) is 5.40. The van der Waals surface area contributed by atoms with Crippen LogP contribution in [-0.4, -0.2) is 17.6 Å². The van der Waals surface area contributed by atoms with Gasteiger partial charge >= 0.3 is 0 Å². The first-order valence-electron chi connectivity index (χ1n) is 6.76. The second-order valence-electron chi connectivity index (χ2n) is 5.38. The van der Waals surface area contributed by atoms with Crippen molar-refractivity contribution < 1.29 is 9.90 Å². The Bertz CT molecular complexity index is 566. The van der Waals surface area contributed by atoms with Gasteiger partial charge in [-0.25, -0.2) is 0 Å². The molecule has 1 aromatic rings. The molecule has 0 aliphatic heterocycles. The minimum absolute atomic E-state index is 0.0177. The van der Waals surface area contributed by atoms with E-state index >= 15 is 0 Å². The molecule has 1 amide bonds. The lowest BCUT2D eigenvalue weighted by atomic mass is 9.88.